The van der Waals surface area contributed by atoms with Gasteiger partial charge < -0.3 is 20.4 Å². The van der Waals surface area contributed by atoms with Gasteiger partial charge in [0.15, 0.2) is 0 Å². The number of carbonyl (C=O) groups is 1. The third-order valence-corrected chi connectivity index (χ3v) is 6.33. The SMILES string of the molecule is Cc1c(Nc2c(C#N)cncc2/C=C/CN2CCC(NC(=O)OC(C)(C)C)CC2)ccc2[nH]ccc12. The van der Waals surface area contributed by atoms with Crippen LogP contribution in [0.15, 0.2) is 42.9 Å². The lowest BCUT2D eigenvalue weighted by Crippen LogP contribution is -2.46. The summed E-state index contributed by atoms with van der Waals surface area (Å²) in [7, 11) is 0. The van der Waals surface area contributed by atoms with Crippen LogP contribution in [-0.2, 0) is 4.74 Å². The number of amides is 1. The first-order valence-corrected chi connectivity index (χ1v) is 12.3. The molecule has 0 unspecified atom stereocenters. The quantitative estimate of drug-likeness (QED) is 0.425. The number of fused-ring (bicyclic) bond motifs is 1. The topological polar surface area (TPSA) is 106 Å². The van der Waals surface area contributed by atoms with Crippen LogP contribution in [0, 0.1) is 18.3 Å². The predicted molar refractivity (Wildman–Crippen MR) is 143 cm³/mol. The Hall–Kier alpha value is -3.83. The molecule has 0 radical (unpaired) electrons. The molecule has 1 amide bonds. The molecule has 36 heavy (non-hydrogen) atoms. The number of rotatable bonds is 6. The number of nitrogens with one attached hydrogen (secondary N) is 3. The highest BCUT2D eigenvalue weighted by Gasteiger charge is 2.23. The number of pyridine rings is 1. The van der Waals surface area contributed by atoms with Crippen molar-refractivity contribution in [3.05, 3.63) is 59.6 Å². The van der Waals surface area contributed by atoms with Crippen molar-refractivity contribution in [3.8, 4) is 6.07 Å². The Labute approximate surface area is 212 Å². The van der Waals surface area contributed by atoms with Gasteiger partial charge in [-0.2, -0.15) is 5.26 Å². The molecule has 1 aliphatic rings. The molecule has 0 aliphatic carbocycles. The Balaban J connectivity index is 1.38. The number of nitrogens with zero attached hydrogens (tertiary/aromatic N) is 3. The Morgan fingerprint density at radius 2 is 2.06 bits per heavy atom. The highest BCUT2D eigenvalue weighted by molar-refractivity contribution is 5.89. The van der Waals surface area contributed by atoms with Crippen molar-refractivity contribution in [3.63, 3.8) is 0 Å². The van der Waals surface area contributed by atoms with Crippen molar-refractivity contribution in [2.24, 2.45) is 0 Å². The number of aromatic nitrogens is 2. The molecule has 0 spiro atoms. The molecule has 8 nitrogen and oxygen atoms in total. The van der Waals surface area contributed by atoms with Crippen molar-refractivity contribution in [2.75, 3.05) is 25.0 Å². The van der Waals surface area contributed by atoms with Crippen molar-refractivity contribution >= 4 is 34.4 Å². The molecular formula is C28H34N6O2. The van der Waals surface area contributed by atoms with E-state index in [0.29, 0.717) is 5.56 Å². The maximum absolute atomic E-state index is 12.0. The second-order valence-corrected chi connectivity index (χ2v) is 10.2. The second-order valence-electron chi connectivity index (χ2n) is 10.2. The molecule has 4 rings (SSSR count). The minimum atomic E-state index is -0.492. The molecule has 1 fully saturated rings. The Morgan fingerprint density at radius 1 is 1.28 bits per heavy atom. The number of alkyl carbamates (subject to hydrolysis) is 1. The summed E-state index contributed by atoms with van der Waals surface area (Å²) in [4.78, 5) is 21.9. The maximum atomic E-state index is 12.0. The second kappa shape index (κ2) is 10.8. The van der Waals surface area contributed by atoms with Gasteiger partial charge in [-0.05, 0) is 64.3 Å². The van der Waals surface area contributed by atoms with E-state index in [-0.39, 0.29) is 12.1 Å². The summed E-state index contributed by atoms with van der Waals surface area (Å²) < 4.78 is 5.37. The van der Waals surface area contributed by atoms with Crippen molar-refractivity contribution < 1.29 is 9.53 Å². The van der Waals surface area contributed by atoms with Gasteiger partial charge >= 0.3 is 6.09 Å². The largest absolute Gasteiger partial charge is 0.444 e. The van der Waals surface area contributed by atoms with E-state index in [1.54, 1.807) is 12.4 Å². The minimum Gasteiger partial charge on any atom is -0.444 e. The van der Waals surface area contributed by atoms with Gasteiger partial charge in [0.2, 0.25) is 0 Å². The molecule has 2 aromatic heterocycles. The molecule has 188 valence electrons. The molecule has 8 heteroatoms. The zero-order valence-electron chi connectivity index (χ0n) is 21.4. The van der Waals surface area contributed by atoms with Crippen LogP contribution in [0.3, 0.4) is 0 Å². The Kier molecular flexibility index (Phi) is 7.61. The number of aromatic amines is 1. The summed E-state index contributed by atoms with van der Waals surface area (Å²) in [5.74, 6) is 0. The number of hydrogen-bond donors (Lipinski definition) is 3. The average Bonchev–Trinajstić information content (AvgIpc) is 3.31. The van der Waals surface area contributed by atoms with E-state index in [9.17, 15) is 10.1 Å². The van der Waals surface area contributed by atoms with E-state index < -0.39 is 5.60 Å². The fourth-order valence-electron chi connectivity index (χ4n) is 4.44. The first-order valence-electron chi connectivity index (χ1n) is 12.3. The zero-order valence-corrected chi connectivity index (χ0v) is 21.4. The van der Waals surface area contributed by atoms with Gasteiger partial charge in [-0.3, -0.25) is 9.88 Å². The molecule has 0 saturated carbocycles. The fraction of sp³-hybridized carbons (Fsp3) is 0.393. The number of benzene rings is 1. The predicted octanol–water partition coefficient (Wildman–Crippen LogP) is 5.49. The van der Waals surface area contributed by atoms with Crippen LogP contribution in [-0.4, -0.2) is 52.2 Å². The smallest absolute Gasteiger partial charge is 0.407 e. The van der Waals surface area contributed by atoms with Crippen molar-refractivity contribution in [1.82, 2.24) is 20.2 Å². The van der Waals surface area contributed by atoms with Crippen LogP contribution in [0.2, 0.25) is 0 Å². The average molecular weight is 487 g/mol. The van der Waals surface area contributed by atoms with Gasteiger partial charge in [0, 0.05) is 66.4 Å². The molecule has 0 bridgehead atoms. The molecule has 1 saturated heterocycles. The summed E-state index contributed by atoms with van der Waals surface area (Å²) in [6.45, 7) is 10.2. The van der Waals surface area contributed by atoms with E-state index in [0.717, 1.165) is 65.9 Å². The minimum absolute atomic E-state index is 0.132. The lowest BCUT2D eigenvalue weighted by atomic mass is 10.0. The number of nitriles is 1. The summed E-state index contributed by atoms with van der Waals surface area (Å²) >= 11 is 0. The molecule has 1 aliphatic heterocycles. The Morgan fingerprint density at radius 3 is 2.78 bits per heavy atom. The van der Waals surface area contributed by atoms with Gasteiger partial charge in [-0.1, -0.05) is 12.2 Å². The van der Waals surface area contributed by atoms with Crippen LogP contribution >= 0.6 is 0 Å². The lowest BCUT2D eigenvalue weighted by Gasteiger charge is -2.32. The standard InChI is InChI=1S/C28H34N6O2/c1-19-23-9-12-31-25(23)8-7-24(19)33-26-20(17-30-18-21(26)16-29)6-5-13-34-14-10-22(11-15-34)32-27(35)36-28(2,3)4/h5-9,12,17-18,22,31H,10-11,13-15H2,1-4H3,(H,30,33)(H,32,35)/b6-5+. The third-order valence-electron chi connectivity index (χ3n) is 6.33. The molecule has 0 atom stereocenters. The van der Waals surface area contributed by atoms with E-state index in [4.69, 9.17) is 4.74 Å². The highest BCUT2D eigenvalue weighted by Crippen LogP contribution is 2.30. The third kappa shape index (κ3) is 6.23. The fourth-order valence-corrected chi connectivity index (χ4v) is 4.44. The van der Waals surface area contributed by atoms with Crippen LogP contribution in [0.1, 0.15) is 50.3 Å². The molecule has 3 N–H and O–H groups in total. The first kappa shape index (κ1) is 25.3. The van der Waals surface area contributed by atoms with Crippen molar-refractivity contribution in [1.29, 1.82) is 5.26 Å². The highest BCUT2D eigenvalue weighted by atomic mass is 16.6. The van der Waals surface area contributed by atoms with Crippen LogP contribution < -0.4 is 10.6 Å². The summed E-state index contributed by atoms with van der Waals surface area (Å²) in [5.41, 5.74) is 4.78. The van der Waals surface area contributed by atoms with E-state index in [1.165, 1.54) is 0 Å². The van der Waals surface area contributed by atoms with Crippen LogP contribution in [0.5, 0.6) is 0 Å². The summed E-state index contributed by atoms with van der Waals surface area (Å²) in [5, 5.41) is 17.3. The number of ether oxygens (including phenoxy) is 1. The van der Waals surface area contributed by atoms with E-state index in [2.05, 4.69) is 50.6 Å². The molecule has 3 aromatic rings. The summed E-state index contributed by atoms with van der Waals surface area (Å²) in [6.07, 6.45) is 10.8. The van der Waals surface area contributed by atoms with Gasteiger partial charge in [0.1, 0.15) is 11.7 Å². The van der Waals surface area contributed by atoms with Gasteiger partial charge in [-0.15, -0.1) is 0 Å². The van der Waals surface area contributed by atoms with E-state index in [1.807, 2.05) is 45.2 Å². The van der Waals surface area contributed by atoms with Gasteiger partial charge in [0.05, 0.1) is 11.3 Å². The van der Waals surface area contributed by atoms with Crippen LogP contribution in [0.25, 0.3) is 17.0 Å². The summed E-state index contributed by atoms with van der Waals surface area (Å²) in [6, 6.07) is 8.51. The molecule has 3 heterocycles. The van der Waals surface area contributed by atoms with Gasteiger partial charge in [0.25, 0.3) is 0 Å². The number of piperidine rings is 1. The lowest BCUT2D eigenvalue weighted by molar-refractivity contribution is 0.0481. The number of H-pyrrole nitrogens is 1. The number of likely N-dealkylation sites (tertiary alicyclic amines) is 1. The maximum Gasteiger partial charge on any atom is 0.407 e. The monoisotopic (exact) mass is 486 g/mol. The number of anilines is 2. The van der Waals surface area contributed by atoms with Gasteiger partial charge in [-0.25, -0.2) is 4.79 Å². The van der Waals surface area contributed by atoms with Crippen molar-refractivity contribution in [2.45, 2.75) is 52.2 Å². The number of carbonyl (C=O) groups excluding carboxylic acids is 1. The normalized spacial score (nSPS) is 15.2. The zero-order chi connectivity index (χ0) is 25.7. The number of aryl methyl sites for hydroxylation is 1. The van der Waals surface area contributed by atoms with E-state index >= 15 is 0 Å². The number of hydrogen-bond acceptors (Lipinski definition) is 6. The Bertz CT molecular complexity index is 1290. The van der Waals surface area contributed by atoms with Crippen LogP contribution in [0.4, 0.5) is 16.2 Å². The molecule has 1 aromatic carbocycles. The first-order chi connectivity index (χ1) is 17.2. The molecular weight excluding hydrogens is 452 g/mol.